The Kier molecular flexibility index (Phi) is 11.2. The van der Waals surface area contributed by atoms with E-state index in [0.717, 1.165) is 81.0 Å². The minimum Gasteiger partial charge on any atom is -0.508 e. The third-order valence-electron chi connectivity index (χ3n) is 14.2. The summed E-state index contributed by atoms with van der Waals surface area (Å²) in [4.78, 5) is 19.6. The van der Waals surface area contributed by atoms with Crippen molar-refractivity contribution in [3.8, 4) is 41.1 Å². The number of ether oxygens (including phenoxy) is 2. The van der Waals surface area contributed by atoms with Gasteiger partial charge in [-0.3, -0.25) is 20.0 Å². The van der Waals surface area contributed by atoms with E-state index in [-0.39, 0.29) is 48.8 Å². The molecule has 2 aromatic rings. The number of hydrogen-bond acceptors (Lipinski definition) is 12. The minimum atomic E-state index is -1.07. The van der Waals surface area contributed by atoms with Crippen molar-refractivity contribution in [3.63, 3.8) is 0 Å². The van der Waals surface area contributed by atoms with Crippen LogP contribution >= 0.6 is 21.6 Å². The zero-order chi connectivity index (χ0) is 42.0. The quantitative estimate of drug-likeness (QED) is 0.125. The maximum absolute atomic E-state index is 13.6. The van der Waals surface area contributed by atoms with E-state index < -0.39 is 41.8 Å². The van der Waals surface area contributed by atoms with Crippen LogP contribution in [0.4, 0.5) is 0 Å². The summed E-state index contributed by atoms with van der Waals surface area (Å²) in [7, 11) is 3.38. The molecule has 7 aliphatic heterocycles. The maximum atomic E-state index is 13.6. The standard InChI is InChI=1S/C48H52N4O7S2/c1-26-4-6-32(40(55)16-26)41(56)18-29(53)5-7-31-36-25-61-60-24-28-21-51-46(49)33-9-8-30-34(44(28)33)17-27-20-50-38-23-52(22-35(27)38)47-37(10-11-39(30)54)48(12-2-3-13-48)14-15-58-43(19-42(31)57)45(36)59-47/h4,6,8-9,19-20,22,26,28,32,37,39-41,46-47,51,54-57H,2-3,5,7,12-13,16-18,21,23-25,49H2,1H3/p+1/t26-,28+,32-,37+,39-,40-,41+,46+,47+/m1/s1. The van der Waals surface area contributed by atoms with E-state index in [0.29, 0.717) is 48.7 Å². The van der Waals surface area contributed by atoms with E-state index in [1.165, 1.54) is 0 Å². The van der Waals surface area contributed by atoms with Gasteiger partial charge in [0, 0.05) is 72.5 Å². The molecule has 318 valence electrons. The van der Waals surface area contributed by atoms with Gasteiger partial charge in [0.15, 0.2) is 11.5 Å². The van der Waals surface area contributed by atoms with Gasteiger partial charge in [0.05, 0.1) is 29.4 Å². The lowest BCUT2D eigenvalue weighted by molar-refractivity contribution is -0.888. The summed E-state index contributed by atoms with van der Waals surface area (Å²) in [6, 6.07) is 5.61. The molecule has 2 aliphatic carbocycles. The molecule has 0 saturated heterocycles. The average molecular weight is 862 g/mol. The minimum absolute atomic E-state index is 0.0155. The average Bonchev–Trinajstić information content (AvgIpc) is 3.98. The van der Waals surface area contributed by atoms with Gasteiger partial charge in [-0.05, 0) is 59.4 Å². The fraction of sp³-hybridized carbons (Fsp3) is 0.500. The van der Waals surface area contributed by atoms with Crippen molar-refractivity contribution in [2.75, 3.05) is 18.8 Å². The van der Waals surface area contributed by atoms with Crippen molar-refractivity contribution in [2.24, 2.45) is 33.9 Å². The zero-order valence-electron chi connectivity index (χ0n) is 34.3. The number of aliphatic hydroxyl groups excluding tert-OH is 3. The second kappa shape index (κ2) is 16.6. The number of aliphatic imine (C=N–C) groups is 1. The number of carbonyl (C=O) groups excluding carboxylic acids is 1. The number of aliphatic hydroxyl groups is 3. The zero-order valence-corrected chi connectivity index (χ0v) is 35.9. The van der Waals surface area contributed by atoms with Crippen molar-refractivity contribution in [3.05, 3.63) is 87.3 Å². The Hall–Kier alpha value is -4.02. The molecule has 9 aliphatic rings. The molecule has 10 atom stereocenters. The third kappa shape index (κ3) is 7.55. The van der Waals surface area contributed by atoms with Gasteiger partial charge in [-0.15, -0.1) is 0 Å². The third-order valence-corrected chi connectivity index (χ3v) is 16.6. The van der Waals surface area contributed by atoms with Gasteiger partial charge in [-0.1, -0.05) is 83.4 Å². The molecule has 0 amide bonds. The number of ketones is 1. The van der Waals surface area contributed by atoms with Crippen LogP contribution in [0.5, 0.6) is 17.2 Å². The van der Waals surface area contributed by atoms with Gasteiger partial charge in [0.1, 0.15) is 48.1 Å². The molecule has 1 saturated carbocycles. The molecule has 1 fully saturated rings. The number of carbonyl (C=O) groups is 1. The number of rotatable bonds is 6. The van der Waals surface area contributed by atoms with Crippen molar-refractivity contribution >= 4 is 33.1 Å². The molecular weight excluding hydrogens is 809 g/mol. The number of nitrogens with one attached hydrogen (secondary N) is 2. The molecule has 61 heavy (non-hydrogen) atoms. The van der Waals surface area contributed by atoms with Gasteiger partial charge >= 0.3 is 0 Å². The van der Waals surface area contributed by atoms with Gasteiger partial charge < -0.3 is 35.6 Å². The summed E-state index contributed by atoms with van der Waals surface area (Å²) in [6.07, 6.45) is 12.2. The van der Waals surface area contributed by atoms with Crippen molar-refractivity contribution < 1.29 is 39.6 Å². The lowest BCUT2D eigenvalue weighted by Gasteiger charge is -2.37. The highest BCUT2D eigenvalue weighted by atomic mass is 33.1. The van der Waals surface area contributed by atoms with Crippen LogP contribution in [0.25, 0.3) is 0 Å². The van der Waals surface area contributed by atoms with Crippen LogP contribution in [0.15, 0.2) is 58.9 Å². The topological polar surface area (TPSA) is 171 Å². The lowest BCUT2D eigenvalue weighted by atomic mass is 9.73. The molecule has 0 radical (unpaired) electrons. The number of hydrogen-bond donors (Lipinski definition) is 7. The molecule has 11 nitrogen and oxygen atoms in total. The SMILES string of the molecule is C[C@@H]1C=C[C@@H]([C@@H](O)CC(=O)CCc2c(O)cc3c4c2CSSC[C@@H]2CN[C@H](N)c5ccc6c(c52)CC2=CN=C5C[NH+](C=C25)[C@@H](O4)[C@H](C#C[C@H]6O)C2(C#CO3)CCCC2)[C@H](O)C1. The Bertz CT molecular complexity index is 2400. The first-order valence-electron chi connectivity index (χ1n) is 21.8. The number of fused-ring (bicyclic) bond motifs is 4. The van der Waals surface area contributed by atoms with Crippen LogP contribution in [0.1, 0.15) is 103 Å². The summed E-state index contributed by atoms with van der Waals surface area (Å²) in [5.74, 6) is 11.6. The first-order chi connectivity index (χ1) is 29.6. The highest BCUT2D eigenvalue weighted by molar-refractivity contribution is 8.76. The van der Waals surface area contributed by atoms with E-state index in [4.69, 9.17) is 20.2 Å². The highest BCUT2D eigenvalue weighted by Gasteiger charge is 2.52. The summed E-state index contributed by atoms with van der Waals surface area (Å²) in [5.41, 5.74) is 14.6. The molecule has 11 rings (SSSR count). The maximum Gasteiger partial charge on any atom is 0.252 e. The Morgan fingerprint density at radius 3 is 2.82 bits per heavy atom. The van der Waals surface area contributed by atoms with Crippen LogP contribution in [0.2, 0.25) is 0 Å². The first-order valence-corrected chi connectivity index (χ1v) is 24.3. The summed E-state index contributed by atoms with van der Waals surface area (Å²) in [6.45, 7) is 3.25. The molecule has 0 aromatic heterocycles. The second-order valence-corrected chi connectivity index (χ2v) is 20.6. The summed E-state index contributed by atoms with van der Waals surface area (Å²) in [5, 5.41) is 49.3. The van der Waals surface area contributed by atoms with Crippen LogP contribution < -0.4 is 25.4 Å². The Morgan fingerprint density at radius 2 is 1.98 bits per heavy atom. The van der Waals surface area contributed by atoms with E-state index in [9.17, 15) is 25.2 Å². The summed E-state index contributed by atoms with van der Waals surface area (Å²) < 4.78 is 13.7. The van der Waals surface area contributed by atoms with Gasteiger partial charge in [0.25, 0.3) is 6.23 Å². The van der Waals surface area contributed by atoms with E-state index in [1.54, 1.807) is 27.7 Å². The fourth-order valence-corrected chi connectivity index (χ4v) is 13.4. The molecular formula is C48H53N4O7S2+. The first kappa shape index (κ1) is 41.0. The van der Waals surface area contributed by atoms with Gasteiger partial charge in [-0.2, -0.15) is 0 Å². The van der Waals surface area contributed by atoms with E-state index in [2.05, 4.69) is 41.5 Å². The molecule has 8 bridgehead atoms. The van der Waals surface area contributed by atoms with Crippen molar-refractivity contribution in [2.45, 2.75) is 107 Å². The van der Waals surface area contributed by atoms with Crippen LogP contribution in [-0.2, 0) is 23.4 Å². The number of aromatic hydroxyl groups is 1. The Labute approximate surface area is 364 Å². The summed E-state index contributed by atoms with van der Waals surface area (Å²) >= 11 is 0. The monoisotopic (exact) mass is 861 g/mol. The Balaban J connectivity index is 1.10. The molecule has 8 N–H and O–H groups in total. The molecule has 7 heterocycles. The lowest BCUT2D eigenvalue weighted by Crippen LogP contribution is -3.13. The van der Waals surface area contributed by atoms with Crippen LogP contribution in [0, 0.1) is 47.0 Å². The predicted octanol–water partition coefficient (Wildman–Crippen LogP) is 4.41. The normalized spacial score (nSPS) is 31.9. The number of phenols is 1. The fourth-order valence-electron chi connectivity index (χ4n) is 11.0. The number of phenolic OH excluding ortho intramolecular Hbond substituents is 1. The number of allylic oxidation sites excluding steroid dienone is 2. The largest absolute Gasteiger partial charge is 0.508 e. The molecule has 13 heteroatoms. The van der Waals surface area contributed by atoms with Gasteiger partial charge in [-0.25, -0.2) is 0 Å². The highest BCUT2D eigenvalue weighted by Crippen LogP contribution is 2.50. The smallest absolute Gasteiger partial charge is 0.252 e. The number of quaternary nitrogens is 1. The predicted molar refractivity (Wildman–Crippen MR) is 235 cm³/mol. The molecule has 1 spiro atoms. The van der Waals surface area contributed by atoms with E-state index >= 15 is 0 Å². The van der Waals surface area contributed by atoms with Crippen molar-refractivity contribution in [1.82, 2.24) is 5.32 Å². The number of benzene rings is 2. The van der Waals surface area contributed by atoms with Crippen molar-refractivity contribution in [1.29, 1.82) is 0 Å². The molecule has 2 aromatic carbocycles. The number of nitrogens with two attached hydrogens (primary N) is 1. The Morgan fingerprint density at radius 1 is 1.15 bits per heavy atom. The van der Waals surface area contributed by atoms with Crippen LogP contribution in [0.3, 0.4) is 0 Å². The second-order valence-electron chi connectivity index (χ2n) is 18.1. The molecule has 1 unspecified atom stereocenters. The number of nitrogens with zero attached hydrogens (tertiary/aromatic N) is 1. The number of Topliss-reactive ketones (excluding diaryl/α,β-unsaturated/α-hetero) is 1. The van der Waals surface area contributed by atoms with E-state index in [1.807, 2.05) is 31.3 Å². The van der Waals surface area contributed by atoms with Crippen LogP contribution in [-0.4, -0.2) is 69.2 Å². The van der Waals surface area contributed by atoms with Gasteiger partial charge in [0.2, 0.25) is 0 Å².